The fourth-order valence-corrected chi connectivity index (χ4v) is 22.6. The highest BCUT2D eigenvalue weighted by molar-refractivity contribution is 6.37. The van der Waals surface area contributed by atoms with Crippen molar-refractivity contribution in [2.45, 2.75) is 193 Å². The van der Waals surface area contributed by atoms with Gasteiger partial charge in [0, 0.05) is 28.3 Å². The van der Waals surface area contributed by atoms with E-state index in [4.69, 9.17) is 28.4 Å². The molecule has 2 unspecified atom stereocenters. The lowest BCUT2D eigenvalue weighted by molar-refractivity contribution is 0.0291. The molecule has 2 atom stereocenters. The normalized spacial score (nSPS) is 17.5. The number of carbonyl (C=O) groups is 12. The van der Waals surface area contributed by atoms with Gasteiger partial charge in [0.15, 0.2) is 0 Å². The van der Waals surface area contributed by atoms with E-state index in [0.29, 0.717) is 134 Å². The van der Waals surface area contributed by atoms with Crippen LogP contribution in [0, 0.1) is 20.8 Å². The van der Waals surface area contributed by atoms with Gasteiger partial charge in [-0.3, -0.25) is 77.1 Å². The van der Waals surface area contributed by atoms with Gasteiger partial charge >= 0.3 is 0 Å². The van der Waals surface area contributed by atoms with Crippen molar-refractivity contribution in [3.8, 4) is 69.0 Å². The molecule has 0 spiro atoms. The second kappa shape index (κ2) is 35.9. The SMILES string of the molecule is Cc1cc(C)c(N2C(=O)c3ccc(Oc4ccc(C(C)(C)c5ccc(Oc6ccc7c(c6)C(=O)N(C6CCCCC6N6C(=O)c8ccc(Oc9ccc(C(C)(C)c%10ccc(Oc%11ccc%12c(c%11)C(=O)N(C%11CCCCC%11)C%12=O)cc%10)cc9)cc8C6=O)C7=O)cc5)cc4)cc3C2=O)c(C)c1N1C(=O)c2ccc(Oc3ccc(C(C)(C)c4ccc(Oc5ccc6c(c5)C(=O)N(C5CCCCC5)C6=O)cc4)cc3)cc2C1=O. The first-order chi connectivity index (χ1) is 69.3. The van der Waals surface area contributed by atoms with Crippen LogP contribution in [0.1, 0.15) is 306 Å². The van der Waals surface area contributed by atoms with Crippen LogP contribution in [0.15, 0.2) is 261 Å². The number of hydrogen-bond acceptors (Lipinski definition) is 18. The molecule has 0 saturated heterocycles. The Morgan fingerprint density at radius 2 is 0.382 bits per heavy atom. The van der Waals surface area contributed by atoms with Gasteiger partial charge in [0.1, 0.15) is 69.0 Å². The molecule has 144 heavy (non-hydrogen) atoms. The summed E-state index contributed by atoms with van der Waals surface area (Å²) in [7, 11) is 0. The lowest BCUT2D eigenvalue weighted by Gasteiger charge is -2.40. The maximum Gasteiger partial charge on any atom is 0.266 e. The van der Waals surface area contributed by atoms with E-state index >= 15 is 0 Å². The molecule has 0 aromatic heterocycles. The molecule has 6 aliphatic heterocycles. The Labute approximate surface area is 832 Å². The maximum absolute atomic E-state index is 14.7. The second-order valence-corrected chi connectivity index (χ2v) is 40.5. The predicted molar refractivity (Wildman–Crippen MR) is 539 cm³/mol. The Hall–Kier alpha value is -16.5. The third kappa shape index (κ3) is 16.0. The van der Waals surface area contributed by atoms with Crippen LogP contribution >= 0.6 is 0 Å². The summed E-state index contributed by atoms with van der Waals surface area (Å²) in [5.74, 6) is -0.166. The number of aryl methyl sites for hydroxylation is 2. The zero-order valence-corrected chi connectivity index (χ0v) is 81.1. The molecule has 13 aromatic rings. The van der Waals surface area contributed by atoms with Gasteiger partial charge in [0.25, 0.3) is 70.9 Å². The monoisotopic (exact) mass is 1910 g/mol. The van der Waals surface area contributed by atoms with Crippen LogP contribution in [0.25, 0.3) is 0 Å². The highest BCUT2D eigenvalue weighted by Crippen LogP contribution is 2.49. The standard InChI is InChI=1S/C120H102N6O18/c1-67-60-68(2)105(69(3)104(67)125-110(131)94-58-52-88(65-100(94)116(125)137)143-82-44-32-74(33-45-82)119(6,7)71-26-38-79(39-27-71)140-85-49-55-91-97(62-85)113(134)122(107(91)128)77-20-14-11-15-21-77)126-111(132)95-59-53-89(66-101(95)117(126)138)144-83-46-34-75(35-47-83)120(8,9)73-30-42-81(43-31-73)142-87-51-57-93-99(64-87)115(136)124(109(93)130)103-23-17-16-22-102(103)123-108(129)92-56-50-86(63-98(92)114(123)135)141-80-40-28-72(29-41-80)118(4,5)70-24-36-78(37-25-70)139-84-48-54-90-96(61-84)112(133)121(106(90)127)76-18-12-10-13-19-76/h24-66,76-77,102-103H,10-23H2,1-9H3. The summed E-state index contributed by atoms with van der Waals surface area (Å²) in [6.07, 6.45) is 11.7. The van der Waals surface area contributed by atoms with E-state index in [9.17, 15) is 57.5 Å². The largest absolute Gasteiger partial charge is 0.457 e. The Morgan fingerprint density at radius 3 is 0.618 bits per heavy atom. The molecule has 0 radical (unpaired) electrons. The summed E-state index contributed by atoms with van der Waals surface area (Å²) in [5, 5.41) is 0. The fraction of sp³-hybridized carbons (Fsp3) is 0.250. The number of amides is 12. The van der Waals surface area contributed by atoms with Crippen molar-refractivity contribution in [3.05, 3.63) is 378 Å². The first-order valence-electron chi connectivity index (χ1n) is 49.3. The number of hydrogen-bond donors (Lipinski definition) is 0. The summed E-state index contributed by atoms with van der Waals surface area (Å²) in [5.41, 5.74) is 9.21. The van der Waals surface area contributed by atoms with E-state index in [-0.39, 0.29) is 91.6 Å². The van der Waals surface area contributed by atoms with Crippen molar-refractivity contribution >= 4 is 82.3 Å². The van der Waals surface area contributed by atoms with E-state index in [0.717, 1.165) is 107 Å². The van der Waals surface area contributed by atoms with Gasteiger partial charge in [0.05, 0.1) is 90.2 Å². The van der Waals surface area contributed by atoms with Crippen molar-refractivity contribution in [2.24, 2.45) is 0 Å². The van der Waals surface area contributed by atoms with Crippen LogP contribution in [0.5, 0.6) is 69.0 Å². The Bertz CT molecular complexity index is 7640. The molecule has 0 N–H and O–H groups in total. The van der Waals surface area contributed by atoms with Gasteiger partial charge < -0.3 is 28.4 Å². The van der Waals surface area contributed by atoms with Crippen molar-refractivity contribution in [2.75, 3.05) is 9.80 Å². The van der Waals surface area contributed by atoms with Crippen LogP contribution < -0.4 is 38.2 Å². The third-order valence-corrected chi connectivity index (χ3v) is 30.7. The average molecular weight is 1920 g/mol. The molecule has 24 heteroatoms. The van der Waals surface area contributed by atoms with Crippen molar-refractivity contribution in [1.29, 1.82) is 0 Å². The predicted octanol–water partition coefficient (Wildman–Crippen LogP) is 25.0. The zero-order valence-electron chi connectivity index (χ0n) is 81.1. The van der Waals surface area contributed by atoms with Crippen molar-refractivity contribution < 1.29 is 86.0 Å². The van der Waals surface area contributed by atoms with Crippen molar-refractivity contribution in [3.63, 3.8) is 0 Å². The number of anilines is 2. The first-order valence-corrected chi connectivity index (χ1v) is 49.3. The summed E-state index contributed by atoms with van der Waals surface area (Å²) in [4.78, 5) is 178. The third-order valence-electron chi connectivity index (χ3n) is 30.7. The van der Waals surface area contributed by atoms with E-state index < -0.39 is 75.6 Å². The number of ether oxygens (including phenoxy) is 6. The van der Waals surface area contributed by atoms with Crippen LogP contribution in [-0.2, 0) is 16.2 Å². The summed E-state index contributed by atoms with van der Waals surface area (Å²) < 4.78 is 37.9. The summed E-state index contributed by atoms with van der Waals surface area (Å²) in [6, 6.07) is 75.0. The molecule has 13 aromatic carbocycles. The molecular weight excluding hydrogens is 1810 g/mol. The minimum absolute atomic E-state index is 0.0708. The zero-order chi connectivity index (χ0) is 100.0. The number of rotatable bonds is 24. The van der Waals surface area contributed by atoms with Crippen LogP contribution in [0.2, 0.25) is 0 Å². The number of carbonyl (C=O) groups excluding carboxylic acids is 12. The Kier molecular flexibility index (Phi) is 23.1. The lowest BCUT2D eigenvalue weighted by Crippen LogP contribution is -2.56. The van der Waals surface area contributed by atoms with E-state index in [1.54, 1.807) is 130 Å². The molecule has 9 aliphatic rings. The quantitative estimate of drug-likeness (QED) is 0.0508. The highest BCUT2D eigenvalue weighted by Gasteiger charge is 2.52. The van der Waals surface area contributed by atoms with Crippen LogP contribution in [0.3, 0.4) is 0 Å². The first kappa shape index (κ1) is 92.5. The molecule has 24 nitrogen and oxygen atoms in total. The van der Waals surface area contributed by atoms with Crippen LogP contribution in [-0.4, -0.2) is 115 Å². The topological polar surface area (TPSA) is 280 Å². The molecular formula is C120H102N6O18. The fourth-order valence-electron chi connectivity index (χ4n) is 22.6. The molecule has 3 fully saturated rings. The van der Waals surface area contributed by atoms with Crippen LogP contribution in [0.4, 0.5) is 11.4 Å². The van der Waals surface area contributed by atoms with E-state index in [1.807, 2.05) is 146 Å². The Morgan fingerprint density at radius 1 is 0.201 bits per heavy atom. The molecule has 3 saturated carbocycles. The van der Waals surface area contributed by atoms with Crippen molar-refractivity contribution in [1.82, 2.24) is 19.6 Å². The highest BCUT2D eigenvalue weighted by atomic mass is 16.5. The Balaban J connectivity index is 0.407. The van der Waals surface area contributed by atoms with Gasteiger partial charge in [-0.05, 0) is 291 Å². The average Bonchev–Trinajstić information content (AvgIpc) is 1.55. The van der Waals surface area contributed by atoms with E-state index in [2.05, 4.69) is 41.5 Å². The van der Waals surface area contributed by atoms with E-state index in [1.165, 1.54) is 25.7 Å². The summed E-state index contributed by atoms with van der Waals surface area (Å²) >= 11 is 0. The van der Waals surface area contributed by atoms with Gasteiger partial charge in [-0.2, -0.15) is 0 Å². The number of imide groups is 6. The molecule has 6 heterocycles. The minimum Gasteiger partial charge on any atom is -0.457 e. The minimum atomic E-state index is -0.794. The van der Waals surface area contributed by atoms with Gasteiger partial charge in [-0.25, -0.2) is 9.80 Å². The number of benzene rings is 13. The van der Waals surface area contributed by atoms with Gasteiger partial charge in [-0.15, -0.1) is 0 Å². The molecule has 720 valence electrons. The molecule has 3 aliphatic carbocycles. The number of nitrogens with zero attached hydrogens (tertiary/aromatic N) is 6. The summed E-state index contributed by atoms with van der Waals surface area (Å²) in [6.45, 7) is 17.8. The van der Waals surface area contributed by atoms with Gasteiger partial charge in [-0.1, -0.05) is 172 Å². The number of fused-ring (bicyclic) bond motifs is 6. The lowest BCUT2D eigenvalue weighted by atomic mass is 9.78. The second-order valence-electron chi connectivity index (χ2n) is 40.5. The van der Waals surface area contributed by atoms with Gasteiger partial charge in [0.2, 0.25) is 0 Å². The maximum atomic E-state index is 14.7. The molecule has 22 rings (SSSR count). The smallest absolute Gasteiger partial charge is 0.266 e. The molecule has 0 bridgehead atoms. The molecule has 12 amide bonds.